The van der Waals surface area contributed by atoms with Gasteiger partial charge in [-0.05, 0) is 15.9 Å². The number of nitrogens with zero attached hydrogens (tertiary/aromatic N) is 1. The molecule has 0 fully saturated rings. The average Bonchev–Trinajstić information content (AvgIpc) is 2.31. The first kappa shape index (κ1) is 18.1. The van der Waals surface area contributed by atoms with E-state index < -0.39 is 22.0 Å². The van der Waals surface area contributed by atoms with Crippen molar-refractivity contribution in [3.05, 3.63) is 10.1 Å². The second-order valence-corrected chi connectivity index (χ2v) is 8.16. The van der Waals surface area contributed by atoms with Crippen molar-refractivity contribution in [2.75, 3.05) is 25.0 Å². The topological polar surface area (TPSA) is 78.7 Å². The predicted octanol–water partition coefficient (Wildman–Crippen LogP) is 3.41. The largest absolute Gasteiger partial charge is 0.352 e. The van der Waals surface area contributed by atoms with E-state index in [9.17, 15) is 14.7 Å². The average molecular weight is 438 g/mol. The molecule has 11 heteroatoms. The minimum absolute atomic E-state index is 0.0410. The van der Waals surface area contributed by atoms with Gasteiger partial charge in [0.15, 0.2) is 4.57 Å². The van der Waals surface area contributed by atoms with E-state index in [-0.39, 0.29) is 25.0 Å². The van der Waals surface area contributed by atoms with Crippen LogP contribution in [0, 0.1) is 10.1 Å². The highest BCUT2D eigenvalue weighted by atomic mass is 79.9. The first-order valence-corrected chi connectivity index (χ1v) is 8.82. The highest BCUT2D eigenvalue weighted by Crippen LogP contribution is 2.57. The SMILES string of the molecule is O=[N+]([O-])C(Br)C(Br)P(=O)(OCCCl)OCCCl. The van der Waals surface area contributed by atoms with Crippen LogP contribution >= 0.6 is 62.7 Å². The summed E-state index contributed by atoms with van der Waals surface area (Å²) in [6, 6.07) is 0. The first-order valence-electron chi connectivity index (χ1n) is 4.31. The lowest BCUT2D eigenvalue weighted by molar-refractivity contribution is -0.489. The molecule has 17 heavy (non-hydrogen) atoms. The smallest absolute Gasteiger partial charge is 0.306 e. The molecule has 2 atom stereocenters. The fraction of sp³-hybridized carbons (Fsp3) is 1.00. The molecule has 0 rings (SSSR count). The highest BCUT2D eigenvalue weighted by molar-refractivity contribution is 9.13. The molecule has 0 saturated carbocycles. The molecule has 0 N–H and O–H groups in total. The summed E-state index contributed by atoms with van der Waals surface area (Å²) < 4.78 is 21.1. The molecule has 0 aromatic heterocycles. The van der Waals surface area contributed by atoms with Gasteiger partial charge in [0.25, 0.3) is 4.95 Å². The highest BCUT2D eigenvalue weighted by Gasteiger charge is 2.44. The number of nitro groups is 1. The summed E-state index contributed by atoms with van der Waals surface area (Å²) in [4.78, 5) is 8.62. The van der Waals surface area contributed by atoms with E-state index in [4.69, 9.17) is 32.2 Å². The molecule has 0 radical (unpaired) electrons. The molecule has 0 bridgehead atoms. The maximum absolute atomic E-state index is 12.2. The molecular weight excluding hydrogens is 428 g/mol. The molecule has 0 aliphatic rings. The zero-order chi connectivity index (χ0) is 13.5. The van der Waals surface area contributed by atoms with Gasteiger partial charge in [-0.3, -0.25) is 14.7 Å². The molecule has 102 valence electrons. The van der Waals surface area contributed by atoms with Crippen molar-refractivity contribution < 1.29 is 18.5 Å². The maximum Gasteiger partial charge on any atom is 0.352 e. The van der Waals surface area contributed by atoms with E-state index >= 15 is 0 Å². The molecule has 0 saturated heterocycles. The van der Waals surface area contributed by atoms with Gasteiger partial charge < -0.3 is 9.05 Å². The zero-order valence-corrected chi connectivity index (χ0v) is 14.0. The lowest BCUT2D eigenvalue weighted by Crippen LogP contribution is -2.25. The Kier molecular flexibility index (Phi) is 9.65. The third-order valence-electron chi connectivity index (χ3n) is 1.43. The van der Waals surface area contributed by atoms with Crippen LogP contribution in [0.4, 0.5) is 0 Å². The zero-order valence-electron chi connectivity index (χ0n) is 8.43. The van der Waals surface area contributed by atoms with Gasteiger partial charge in [0.2, 0.25) is 0 Å². The number of hydrogen-bond donors (Lipinski definition) is 0. The van der Waals surface area contributed by atoms with Crippen LogP contribution in [0.2, 0.25) is 0 Å². The predicted molar refractivity (Wildman–Crippen MR) is 73.4 cm³/mol. The van der Waals surface area contributed by atoms with E-state index in [0.29, 0.717) is 0 Å². The van der Waals surface area contributed by atoms with Crippen LogP contribution in [0.25, 0.3) is 0 Å². The number of alkyl halides is 4. The van der Waals surface area contributed by atoms with Gasteiger partial charge in [0, 0.05) is 16.7 Å². The van der Waals surface area contributed by atoms with E-state index in [1.54, 1.807) is 0 Å². The minimum Gasteiger partial charge on any atom is -0.306 e. The van der Waals surface area contributed by atoms with Gasteiger partial charge in [0.05, 0.1) is 13.2 Å². The van der Waals surface area contributed by atoms with Crippen LogP contribution in [-0.2, 0) is 13.6 Å². The molecule has 2 unspecified atom stereocenters. The van der Waals surface area contributed by atoms with Gasteiger partial charge >= 0.3 is 7.60 Å². The van der Waals surface area contributed by atoms with Gasteiger partial charge in [-0.15, -0.1) is 23.2 Å². The van der Waals surface area contributed by atoms with Crippen LogP contribution in [0.5, 0.6) is 0 Å². The fourth-order valence-electron chi connectivity index (χ4n) is 0.754. The molecular formula is C6H10Br2Cl2NO5P. The molecule has 0 heterocycles. The Morgan fingerprint density at radius 2 is 1.65 bits per heavy atom. The van der Waals surface area contributed by atoms with Crippen LogP contribution in [0.3, 0.4) is 0 Å². The van der Waals surface area contributed by atoms with E-state index in [2.05, 4.69) is 31.9 Å². The lowest BCUT2D eigenvalue weighted by Gasteiger charge is -2.22. The molecule has 0 amide bonds. The Bertz CT molecular complexity index is 286. The third kappa shape index (κ3) is 6.18. The van der Waals surface area contributed by atoms with Crippen molar-refractivity contribution in [3.8, 4) is 0 Å². The van der Waals surface area contributed by atoms with Crippen LogP contribution in [0.15, 0.2) is 0 Å². The molecule has 0 aliphatic carbocycles. The summed E-state index contributed by atoms with van der Waals surface area (Å²) in [6.07, 6.45) is 0. The Hall–Kier alpha value is 1.09. The minimum atomic E-state index is -3.69. The third-order valence-corrected chi connectivity index (χ3v) is 7.69. The first-order chi connectivity index (χ1) is 7.89. The van der Waals surface area contributed by atoms with Crippen LogP contribution in [0.1, 0.15) is 0 Å². The van der Waals surface area contributed by atoms with E-state index in [1.807, 2.05) is 0 Å². The fourth-order valence-corrected chi connectivity index (χ4v) is 4.36. The normalized spacial score (nSPS) is 15.5. The number of halogens is 4. The van der Waals surface area contributed by atoms with Gasteiger partial charge in [-0.2, -0.15) is 0 Å². The van der Waals surface area contributed by atoms with Crippen molar-refractivity contribution in [3.63, 3.8) is 0 Å². The number of rotatable bonds is 9. The second kappa shape index (κ2) is 9.07. The Labute approximate surface area is 125 Å². The molecule has 6 nitrogen and oxygen atoms in total. The van der Waals surface area contributed by atoms with Crippen molar-refractivity contribution in [1.29, 1.82) is 0 Å². The molecule has 0 aliphatic heterocycles. The summed E-state index contributed by atoms with van der Waals surface area (Å²) >= 11 is 16.5. The van der Waals surface area contributed by atoms with E-state index in [1.165, 1.54) is 0 Å². The van der Waals surface area contributed by atoms with E-state index in [0.717, 1.165) is 0 Å². The second-order valence-electron chi connectivity index (χ2n) is 2.61. The van der Waals surface area contributed by atoms with Crippen molar-refractivity contribution in [2.24, 2.45) is 0 Å². The van der Waals surface area contributed by atoms with Gasteiger partial charge in [-0.1, -0.05) is 15.9 Å². The quantitative estimate of drug-likeness (QED) is 0.181. The summed E-state index contributed by atoms with van der Waals surface area (Å²) in [5.41, 5.74) is 0. The van der Waals surface area contributed by atoms with Crippen LogP contribution in [-0.4, -0.2) is 39.4 Å². The van der Waals surface area contributed by atoms with Crippen molar-refractivity contribution >= 4 is 62.7 Å². The summed E-state index contributed by atoms with van der Waals surface area (Å²) in [5, 5.41) is 10.6. The molecule has 0 aromatic carbocycles. The summed E-state index contributed by atoms with van der Waals surface area (Å²) in [5.74, 6) is 0.193. The number of hydrogen-bond acceptors (Lipinski definition) is 5. The Morgan fingerprint density at radius 3 is 1.94 bits per heavy atom. The van der Waals surface area contributed by atoms with Crippen molar-refractivity contribution in [2.45, 2.75) is 9.52 Å². The summed E-state index contributed by atoms with van der Waals surface area (Å²) in [7, 11) is -3.69. The Balaban J connectivity index is 4.76. The van der Waals surface area contributed by atoms with Gasteiger partial charge in [-0.25, -0.2) is 0 Å². The Morgan fingerprint density at radius 1 is 1.24 bits per heavy atom. The molecule has 0 aromatic rings. The molecule has 0 spiro atoms. The monoisotopic (exact) mass is 435 g/mol. The van der Waals surface area contributed by atoms with Gasteiger partial charge in [0.1, 0.15) is 0 Å². The van der Waals surface area contributed by atoms with Crippen molar-refractivity contribution in [1.82, 2.24) is 0 Å². The summed E-state index contributed by atoms with van der Waals surface area (Å²) in [6.45, 7) is -0.0820. The standard InChI is InChI=1S/C6H10Br2Cl2NO5P/c7-5(11(12)13)6(8)17(14,15-3-1-9)16-4-2-10/h5-6H,1-4H2. The lowest BCUT2D eigenvalue weighted by atomic mass is 10.8. The maximum atomic E-state index is 12.2. The van der Waals surface area contributed by atoms with Crippen LogP contribution < -0.4 is 0 Å².